The standard InChI is InChI=1S/C12H8BrN3O3/c13-11-6-5-8(7-14-11)15-12(17)9-3-1-2-4-10(9)16(18)19/h1-7H,(H,15,17). The first kappa shape index (κ1) is 13.2. The smallest absolute Gasteiger partial charge is 0.282 e. The highest BCUT2D eigenvalue weighted by Crippen LogP contribution is 2.19. The van der Waals surface area contributed by atoms with Crippen LogP contribution in [0.4, 0.5) is 11.4 Å². The van der Waals surface area contributed by atoms with Gasteiger partial charge in [-0.15, -0.1) is 0 Å². The number of carbonyl (C=O) groups excluding carboxylic acids is 1. The first-order chi connectivity index (χ1) is 9.08. The van der Waals surface area contributed by atoms with Gasteiger partial charge in [-0.05, 0) is 34.1 Å². The summed E-state index contributed by atoms with van der Waals surface area (Å²) in [7, 11) is 0. The highest BCUT2D eigenvalue weighted by Gasteiger charge is 2.19. The Morgan fingerprint density at radius 2 is 2.00 bits per heavy atom. The average molecular weight is 322 g/mol. The van der Waals surface area contributed by atoms with Crippen molar-refractivity contribution in [3.05, 3.63) is 62.9 Å². The molecule has 7 heteroatoms. The highest BCUT2D eigenvalue weighted by atomic mass is 79.9. The fourth-order valence-electron chi connectivity index (χ4n) is 1.47. The normalized spacial score (nSPS) is 9.95. The van der Waals surface area contributed by atoms with Crippen LogP contribution in [0.3, 0.4) is 0 Å². The van der Waals surface area contributed by atoms with Crippen LogP contribution in [0.1, 0.15) is 10.4 Å². The van der Waals surface area contributed by atoms with Crippen LogP contribution in [0.5, 0.6) is 0 Å². The number of nitrogens with one attached hydrogen (secondary N) is 1. The lowest BCUT2D eigenvalue weighted by Crippen LogP contribution is -2.13. The lowest BCUT2D eigenvalue weighted by Gasteiger charge is -2.05. The molecule has 1 aromatic carbocycles. The average Bonchev–Trinajstić information content (AvgIpc) is 2.41. The molecule has 1 N–H and O–H groups in total. The minimum Gasteiger partial charge on any atom is -0.320 e. The third-order valence-corrected chi connectivity index (χ3v) is 2.80. The molecule has 1 amide bonds. The van der Waals surface area contributed by atoms with Crippen molar-refractivity contribution >= 4 is 33.2 Å². The molecule has 2 aromatic rings. The number of halogens is 1. The van der Waals surface area contributed by atoms with E-state index in [0.717, 1.165) is 0 Å². The van der Waals surface area contributed by atoms with E-state index in [1.54, 1.807) is 18.2 Å². The Bertz CT molecular complexity index is 628. The van der Waals surface area contributed by atoms with Gasteiger partial charge in [0.05, 0.1) is 16.8 Å². The second-order valence-electron chi connectivity index (χ2n) is 3.60. The number of nitrogens with zero attached hydrogens (tertiary/aromatic N) is 2. The zero-order valence-corrected chi connectivity index (χ0v) is 11.1. The molecule has 0 aliphatic rings. The Hall–Kier alpha value is -2.28. The predicted molar refractivity (Wildman–Crippen MR) is 73.0 cm³/mol. The van der Waals surface area contributed by atoms with Gasteiger partial charge >= 0.3 is 0 Å². The first-order valence-electron chi connectivity index (χ1n) is 5.24. The third-order valence-electron chi connectivity index (χ3n) is 2.33. The number of para-hydroxylation sites is 1. The summed E-state index contributed by atoms with van der Waals surface area (Å²) in [5, 5.41) is 13.4. The van der Waals surface area contributed by atoms with Crippen LogP contribution in [0, 0.1) is 10.1 Å². The van der Waals surface area contributed by atoms with Gasteiger partial charge in [0.2, 0.25) is 0 Å². The molecule has 2 rings (SSSR count). The van der Waals surface area contributed by atoms with Gasteiger partial charge in [-0.3, -0.25) is 14.9 Å². The molecule has 0 saturated heterocycles. The van der Waals surface area contributed by atoms with Crippen molar-refractivity contribution in [2.75, 3.05) is 5.32 Å². The molecule has 0 saturated carbocycles. The maximum Gasteiger partial charge on any atom is 0.282 e. The number of anilines is 1. The van der Waals surface area contributed by atoms with E-state index in [1.807, 2.05) is 0 Å². The van der Waals surface area contributed by atoms with Crippen molar-refractivity contribution < 1.29 is 9.72 Å². The number of rotatable bonds is 3. The van der Waals surface area contributed by atoms with Crippen LogP contribution in [0.15, 0.2) is 47.2 Å². The molecular formula is C12H8BrN3O3. The molecule has 0 atom stereocenters. The van der Waals surface area contributed by atoms with Gasteiger partial charge in [-0.1, -0.05) is 12.1 Å². The predicted octanol–water partition coefficient (Wildman–Crippen LogP) is 3.00. The molecular weight excluding hydrogens is 314 g/mol. The van der Waals surface area contributed by atoms with Gasteiger partial charge in [0.15, 0.2) is 0 Å². The quantitative estimate of drug-likeness (QED) is 0.535. The summed E-state index contributed by atoms with van der Waals surface area (Å²) >= 11 is 3.17. The van der Waals surface area contributed by atoms with E-state index in [9.17, 15) is 14.9 Å². The number of carbonyl (C=O) groups is 1. The molecule has 0 spiro atoms. The van der Waals surface area contributed by atoms with Crippen LogP contribution in [0.2, 0.25) is 0 Å². The molecule has 0 aliphatic heterocycles. The molecule has 1 aromatic heterocycles. The maximum absolute atomic E-state index is 12.0. The Morgan fingerprint density at radius 1 is 1.26 bits per heavy atom. The van der Waals surface area contributed by atoms with Crippen LogP contribution < -0.4 is 5.32 Å². The topological polar surface area (TPSA) is 85.1 Å². The Morgan fingerprint density at radius 3 is 2.63 bits per heavy atom. The summed E-state index contributed by atoms with van der Waals surface area (Å²) in [6.07, 6.45) is 1.46. The van der Waals surface area contributed by atoms with Gasteiger partial charge in [0.25, 0.3) is 11.6 Å². The van der Waals surface area contributed by atoms with Crippen molar-refractivity contribution in [2.24, 2.45) is 0 Å². The van der Waals surface area contributed by atoms with E-state index in [2.05, 4.69) is 26.2 Å². The van der Waals surface area contributed by atoms with Gasteiger partial charge < -0.3 is 5.32 Å². The van der Waals surface area contributed by atoms with Gasteiger partial charge in [-0.2, -0.15) is 0 Å². The Balaban J connectivity index is 2.25. The fourth-order valence-corrected chi connectivity index (χ4v) is 1.71. The number of benzene rings is 1. The van der Waals surface area contributed by atoms with Crippen LogP contribution in [0.25, 0.3) is 0 Å². The second-order valence-corrected chi connectivity index (χ2v) is 4.41. The van der Waals surface area contributed by atoms with Crippen LogP contribution in [-0.2, 0) is 0 Å². The molecule has 0 bridgehead atoms. The minimum atomic E-state index is -0.589. The number of hydrogen-bond donors (Lipinski definition) is 1. The molecule has 19 heavy (non-hydrogen) atoms. The summed E-state index contributed by atoms with van der Waals surface area (Å²) in [5.74, 6) is -0.545. The lowest BCUT2D eigenvalue weighted by atomic mass is 10.1. The van der Waals surface area contributed by atoms with E-state index in [-0.39, 0.29) is 11.3 Å². The van der Waals surface area contributed by atoms with Crippen molar-refractivity contribution in [2.45, 2.75) is 0 Å². The van der Waals surface area contributed by atoms with E-state index in [4.69, 9.17) is 0 Å². The van der Waals surface area contributed by atoms with Crippen LogP contribution >= 0.6 is 15.9 Å². The number of amides is 1. The number of pyridine rings is 1. The molecule has 0 unspecified atom stereocenters. The molecule has 0 fully saturated rings. The zero-order valence-electron chi connectivity index (χ0n) is 9.54. The Labute approximate surface area is 116 Å². The second kappa shape index (κ2) is 5.57. The van der Waals surface area contributed by atoms with Crippen molar-refractivity contribution in [3.8, 4) is 0 Å². The fraction of sp³-hybridized carbons (Fsp3) is 0. The van der Waals surface area contributed by atoms with Crippen molar-refractivity contribution in [3.63, 3.8) is 0 Å². The number of nitro groups is 1. The van der Waals surface area contributed by atoms with Gasteiger partial charge in [0, 0.05) is 6.07 Å². The third kappa shape index (κ3) is 3.14. The van der Waals surface area contributed by atoms with Crippen molar-refractivity contribution in [1.29, 1.82) is 0 Å². The molecule has 0 radical (unpaired) electrons. The summed E-state index contributed by atoms with van der Waals surface area (Å²) in [6, 6.07) is 9.07. The van der Waals surface area contributed by atoms with E-state index < -0.39 is 10.8 Å². The summed E-state index contributed by atoms with van der Waals surface area (Å²) in [6.45, 7) is 0. The highest BCUT2D eigenvalue weighted by molar-refractivity contribution is 9.10. The zero-order chi connectivity index (χ0) is 13.8. The van der Waals surface area contributed by atoms with Gasteiger partial charge in [0.1, 0.15) is 10.2 Å². The summed E-state index contributed by atoms with van der Waals surface area (Å²) in [4.78, 5) is 26.2. The molecule has 96 valence electrons. The molecule has 0 aliphatic carbocycles. The van der Waals surface area contributed by atoms with Gasteiger partial charge in [-0.25, -0.2) is 4.98 Å². The number of nitro benzene ring substituents is 1. The van der Waals surface area contributed by atoms with E-state index in [0.29, 0.717) is 10.3 Å². The largest absolute Gasteiger partial charge is 0.320 e. The van der Waals surface area contributed by atoms with E-state index in [1.165, 1.54) is 24.4 Å². The molecule has 6 nitrogen and oxygen atoms in total. The van der Waals surface area contributed by atoms with Crippen molar-refractivity contribution in [1.82, 2.24) is 4.98 Å². The maximum atomic E-state index is 12.0. The van der Waals surface area contributed by atoms with E-state index >= 15 is 0 Å². The summed E-state index contributed by atoms with van der Waals surface area (Å²) in [5.41, 5.74) is 0.242. The first-order valence-corrected chi connectivity index (χ1v) is 6.03. The SMILES string of the molecule is O=C(Nc1ccc(Br)nc1)c1ccccc1[N+](=O)[O-]. The minimum absolute atomic E-state index is 0.00965. The molecule has 1 heterocycles. The van der Waals surface area contributed by atoms with Crippen LogP contribution in [-0.4, -0.2) is 15.8 Å². The monoisotopic (exact) mass is 321 g/mol. The Kier molecular flexibility index (Phi) is 3.86. The lowest BCUT2D eigenvalue weighted by molar-refractivity contribution is -0.385. The number of aromatic nitrogens is 1. The number of hydrogen-bond acceptors (Lipinski definition) is 4. The summed E-state index contributed by atoms with van der Waals surface area (Å²) < 4.78 is 0.635.